The highest BCUT2D eigenvalue weighted by Gasteiger charge is 2.16. The van der Waals surface area contributed by atoms with Gasteiger partial charge in [-0.2, -0.15) is 4.98 Å². The molecule has 0 bridgehead atoms. The Balaban J connectivity index is 1.25. The van der Waals surface area contributed by atoms with Gasteiger partial charge in [-0.15, -0.1) is 0 Å². The average molecular weight is 505 g/mol. The summed E-state index contributed by atoms with van der Waals surface area (Å²) in [6, 6.07) is 30.2. The normalized spacial score (nSPS) is 11.6. The van der Waals surface area contributed by atoms with E-state index in [1.54, 1.807) is 6.20 Å². The van der Waals surface area contributed by atoms with Crippen LogP contribution in [0, 0.1) is 0 Å². The van der Waals surface area contributed by atoms with Crippen LogP contribution in [0.15, 0.2) is 122 Å². The Labute approximate surface area is 222 Å². The van der Waals surface area contributed by atoms with Gasteiger partial charge in [0.05, 0.1) is 34.5 Å². The van der Waals surface area contributed by atoms with E-state index >= 15 is 0 Å². The van der Waals surface area contributed by atoms with Crippen LogP contribution in [0.4, 0.5) is 0 Å². The van der Waals surface area contributed by atoms with Crippen molar-refractivity contribution < 1.29 is 4.74 Å². The number of nitrogens with zero attached hydrogens (tertiary/aromatic N) is 6. The van der Waals surface area contributed by atoms with Crippen LogP contribution in [0.3, 0.4) is 0 Å². The van der Waals surface area contributed by atoms with Crippen LogP contribution >= 0.6 is 0 Å². The van der Waals surface area contributed by atoms with E-state index in [-0.39, 0.29) is 0 Å². The van der Waals surface area contributed by atoms with Gasteiger partial charge in [0.2, 0.25) is 5.88 Å². The first-order valence-corrected chi connectivity index (χ1v) is 12.6. The smallest absolute Gasteiger partial charge is 0.221 e. The first-order valence-electron chi connectivity index (χ1n) is 12.6. The quantitative estimate of drug-likeness (QED) is 0.252. The Morgan fingerprint density at radius 3 is 2.00 bits per heavy atom. The summed E-state index contributed by atoms with van der Waals surface area (Å²) in [6.45, 7) is 0. The third-order valence-electron chi connectivity index (χ3n) is 7.06. The van der Waals surface area contributed by atoms with E-state index < -0.39 is 0 Å². The summed E-state index contributed by atoms with van der Waals surface area (Å²) in [5, 5.41) is 4.50. The molecule has 0 aliphatic carbocycles. The van der Waals surface area contributed by atoms with Gasteiger partial charge in [-0.3, -0.25) is 19.1 Å². The van der Waals surface area contributed by atoms with Crippen molar-refractivity contribution in [3.63, 3.8) is 0 Å². The zero-order valence-electron chi connectivity index (χ0n) is 20.6. The number of pyridine rings is 4. The van der Waals surface area contributed by atoms with Crippen molar-refractivity contribution in [2.45, 2.75) is 0 Å². The molecule has 0 radical (unpaired) electrons. The SMILES string of the molecule is c1ccc(-n2c3cnccc3c3ccc(Oc4cccc(-n5c6ccccc6c6ccncc65)n4)cc32)nc1. The van der Waals surface area contributed by atoms with Gasteiger partial charge in [0.1, 0.15) is 17.4 Å². The highest BCUT2D eigenvalue weighted by molar-refractivity contribution is 6.09. The molecular weight excluding hydrogens is 484 g/mol. The van der Waals surface area contributed by atoms with Crippen LogP contribution in [0.2, 0.25) is 0 Å². The van der Waals surface area contributed by atoms with Crippen molar-refractivity contribution in [1.29, 1.82) is 0 Å². The highest BCUT2D eigenvalue weighted by atomic mass is 16.5. The number of para-hydroxylation sites is 1. The molecule has 0 saturated heterocycles. The zero-order chi connectivity index (χ0) is 25.8. The molecule has 6 aromatic heterocycles. The Morgan fingerprint density at radius 2 is 1.21 bits per heavy atom. The average Bonchev–Trinajstić information content (AvgIpc) is 3.50. The summed E-state index contributed by atoms with van der Waals surface area (Å²) in [4.78, 5) is 18.2. The molecule has 8 aromatic rings. The molecule has 8 rings (SSSR count). The van der Waals surface area contributed by atoms with Crippen LogP contribution in [0.5, 0.6) is 11.6 Å². The molecule has 0 fully saturated rings. The molecule has 0 atom stereocenters. The highest BCUT2D eigenvalue weighted by Crippen LogP contribution is 2.35. The van der Waals surface area contributed by atoms with Gasteiger partial charge in [-0.25, -0.2) is 4.98 Å². The maximum Gasteiger partial charge on any atom is 0.221 e. The number of aromatic nitrogens is 6. The molecule has 0 amide bonds. The van der Waals surface area contributed by atoms with Crippen molar-refractivity contribution in [1.82, 2.24) is 29.1 Å². The Kier molecular flexibility index (Phi) is 4.69. The second-order valence-electron chi connectivity index (χ2n) is 9.28. The third-order valence-corrected chi connectivity index (χ3v) is 7.06. The first kappa shape index (κ1) is 21.5. The van der Waals surface area contributed by atoms with Crippen molar-refractivity contribution in [3.05, 3.63) is 122 Å². The standard InChI is InChI=1S/C32H20N6O/c1-2-7-26-22(6-1)24-13-16-33-19-28(24)37(26)31-9-5-10-32(36-31)39-21-11-12-23-25-14-17-34-20-29(25)38(27(23)18-21)30-8-3-4-15-35-30/h1-20H. The predicted octanol–water partition coefficient (Wildman–Crippen LogP) is 7.25. The summed E-state index contributed by atoms with van der Waals surface area (Å²) in [5.41, 5.74) is 4.04. The second kappa shape index (κ2) is 8.49. The minimum Gasteiger partial charge on any atom is -0.439 e. The lowest BCUT2D eigenvalue weighted by molar-refractivity contribution is 0.463. The van der Waals surface area contributed by atoms with Crippen molar-refractivity contribution in [2.75, 3.05) is 0 Å². The van der Waals surface area contributed by atoms with Crippen LogP contribution in [0.1, 0.15) is 0 Å². The van der Waals surface area contributed by atoms with Crippen LogP contribution < -0.4 is 4.74 Å². The molecule has 39 heavy (non-hydrogen) atoms. The van der Waals surface area contributed by atoms with Crippen LogP contribution in [-0.2, 0) is 0 Å². The maximum atomic E-state index is 6.35. The molecule has 0 saturated carbocycles. The summed E-state index contributed by atoms with van der Waals surface area (Å²) in [5.74, 6) is 2.78. The first-order chi connectivity index (χ1) is 19.3. The van der Waals surface area contributed by atoms with E-state index in [0.717, 1.165) is 55.2 Å². The van der Waals surface area contributed by atoms with Crippen LogP contribution in [-0.4, -0.2) is 29.1 Å². The van der Waals surface area contributed by atoms with Gasteiger partial charge >= 0.3 is 0 Å². The topological polar surface area (TPSA) is 70.7 Å². The lowest BCUT2D eigenvalue weighted by Gasteiger charge is -2.10. The fourth-order valence-electron chi connectivity index (χ4n) is 5.41. The van der Waals surface area contributed by atoms with Crippen molar-refractivity contribution in [3.8, 4) is 23.3 Å². The molecule has 0 aliphatic heterocycles. The number of fused-ring (bicyclic) bond motifs is 6. The fraction of sp³-hybridized carbons (Fsp3) is 0. The van der Waals surface area contributed by atoms with E-state index in [9.17, 15) is 0 Å². The molecule has 7 nitrogen and oxygen atoms in total. The van der Waals surface area contributed by atoms with E-state index in [1.807, 2.05) is 91.5 Å². The number of benzene rings is 2. The minimum absolute atomic E-state index is 0.504. The Morgan fingerprint density at radius 1 is 0.513 bits per heavy atom. The molecule has 0 spiro atoms. The van der Waals surface area contributed by atoms with E-state index in [2.05, 4.69) is 48.4 Å². The molecule has 6 heterocycles. The monoisotopic (exact) mass is 504 g/mol. The van der Waals surface area contributed by atoms with E-state index in [0.29, 0.717) is 11.6 Å². The van der Waals surface area contributed by atoms with Crippen molar-refractivity contribution in [2.24, 2.45) is 0 Å². The number of hydrogen-bond donors (Lipinski definition) is 0. The van der Waals surface area contributed by atoms with Gasteiger partial charge in [0.15, 0.2) is 0 Å². The minimum atomic E-state index is 0.504. The van der Waals surface area contributed by atoms with E-state index in [4.69, 9.17) is 9.72 Å². The molecule has 2 aromatic carbocycles. The van der Waals surface area contributed by atoms with Gasteiger partial charge in [0.25, 0.3) is 0 Å². The number of rotatable bonds is 4. The second-order valence-corrected chi connectivity index (χ2v) is 9.28. The maximum absolute atomic E-state index is 6.35. The fourth-order valence-corrected chi connectivity index (χ4v) is 5.41. The van der Waals surface area contributed by atoms with Gasteiger partial charge in [-0.1, -0.05) is 30.3 Å². The van der Waals surface area contributed by atoms with Crippen molar-refractivity contribution >= 4 is 43.6 Å². The lowest BCUT2D eigenvalue weighted by atomic mass is 10.2. The molecule has 0 aliphatic rings. The largest absolute Gasteiger partial charge is 0.439 e. The predicted molar refractivity (Wildman–Crippen MR) is 153 cm³/mol. The number of ether oxygens (including phenoxy) is 1. The lowest BCUT2D eigenvalue weighted by Crippen LogP contribution is -1.99. The molecule has 184 valence electrons. The molecule has 7 heteroatoms. The molecule has 0 N–H and O–H groups in total. The van der Waals surface area contributed by atoms with E-state index in [1.165, 1.54) is 0 Å². The Hall–Kier alpha value is -5.56. The third kappa shape index (κ3) is 3.37. The zero-order valence-corrected chi connectivity index (χ0v) is 20.6. The summed E-state index contributed by atoms with van der Waals surface area (Å²) >= 11 is 0. The summed E-state index contributed by atoms with van der Waals surface area (Å²) in [6.07, 6.45) is 9.18. The Bertz CT molecular complexity index is 2110. The number of hydrogen-bond acceptors (Lipinski definition) is 5. The summed E-state index contributed by atoms with van der Waals surface area (Å²) < 4.78 is 10.6. The van der Waals surface area contributed by atoms with Gasteiger partial charge < -0.3 is 4.74 Å². The van der Waals surface area contributed by atoms with Gasteiger partial charge in [-0.05, 0) is 48.5 Å². The molecular formula is C32H20N6O. The molecule has 0 unspecified atom stereocenters. The summed E-state index contributed by atoms with van der Waals surface area (Å²) in [7, 11) is 0. The van der Waals surface area contributed by atoms with Crippen LogP contribution in [0.25, 0.3) is 55.2 Å². The van der Waals surface area contributed by atoms with Gasteiger partial charge in [0, 0.05) is 52.3 Å².